The first-order valence-corrected chi connectivity index (χ1v) is 9.66. The van der Waals surface area contributed by atoms with Crippen LogP contribution in [0.3, 0.4) is 0 Å². The maximum absolute atomic E-state index is 12.4. The maximum Gasteiger partial charge on any atom is 0.248 e. The predicted molar refractivity (Wildman–Crippen MR) is 113 cm³/mol. The van der Waals surface area contributed by atoms with Crippen molar-refractivity contribution in [2.24, 2.45) is 0 Å². The van der Waals surface area contributed by atoms with Gasteiger partial charge in [0.15, 0.2) is 0 Å². The molecule has 0 radical (unpaired) electrons. The first-order valence-electron chi connectivity index (χ1n) is 8.49. The van der Waals surface area contributed by atoms with Crippen molar-refractivity contribution < 1.29 is 4.79 Å². The van der Waals surface area contributed by atoms with E-state index in [0.29, 0.717) is 5.02 Å². The molecule has 1 amide bonds. The van der Waals surface area contributed by atoms with Gasteiger partial charge in [-0.15, -0.1) is 0 Å². The number of rotatable bonds is 4. The Bertz CT molecular complexity index is 816. The number of piperazine rings is 1. The number of carbonyl (C=O) groups is 1. The lowest BCUT2D eigenvalue weighted by Gasteiger charge is -2.35. The highest BCUT2D eigenvalue weighted by Gasteiger charge is 2.18. The van der Waals surface area contributed by atoms with Crippen LogP contribution < -0.4 is 10.2 Å². The lowest BCUT2D eigenvalue weighted by molar-refractivity contribution is -0.111. The molecule has 1 aliphatic heterocycles. The summed E-state index contributed by atoms with van der Waals surface area (Å²) in [5.74, 6) is -0.182. The summed E-state index contributed by atoms with van der Waals surface area (Å²) in [7, 11) is 2.12. The van der Waals surface area contributed by atoms with E-state index in [2.05, 4.69) is 38.1 Å². The standard InChI is InChI=1S/C20H21BrClN3O/c1-24-10-12-25(13-11-24)19-8-7-16(22)14-18(19)23-20(26)9-6-15-4-2-3-5-17(15)21/h2-9,14H,10-13H2,1H3,(H,23,26)/b9-6+. The number of halogens is 2. The van der Waals surface area contributed by atoms with Gasteiger partial charge >= 0.3 is 0 Å². The van der Waals surface area contributed by atoms with Crippen LogP contribution in [-0.2, 0) is 4.79 Å². The van der Waals surface area contributed by atoms with Crippen LogP contribution in [0.4, 0.5) is 11.4 Å². The minimum Gasteiger partial charge on any atom is -0.367 e. The minimum atomic E-state index is -0.182. The number of nitrogens with zero attached hydrogens (tertiary/aromatic N) is 2. The summed E-state index contributed by atoms with van der Waals surface area (Å²) in [6.07, 6.45) is 3.33. The SMILES string of the molecule is CN1CCN(c2ccc(Cl)cc2NC(=O)/C=C/c2ccccc2Br)CC1. The molecule has 1 saturated heterocycles. The molecule has 0 atom stereocenters. The van der Waals surface area contributed by atoms with Gasteiger partial charge in [-0.1, -0.05) is 45.7 Å². The molecule has 1 heterocycles. The van der Waals surface area contributed by atoms with Crippen molar-refractivity contribution in [2.75, 3.05) is 43.4 Å². The molecule has 136 valence electrons. The van der Waals surface area contributed by atoms with Crippen molar-refractivity contribution >= 4 is 50.9 Å². The number of benzene rings is 2. The Morgan fingerprint density at radius 1 is 1.15 bits per heavy atom. The Kier molecular flexibility index (Phi) is 6.35. The van der Waals surface area contributed by atoms with Gasteiger partial charge in [-0.05, 0) is 43.0 Å². The van der Waals surface area contributed by atoms with Crippen LogP contribution in [0.2, 0.25) is 5.02 Å². The maximum atomic E-state index is 12.4. The summed E-state index contributed by atoms with van der Waals surface area (Å²) in [5, 5.41) is 3.57. The number of amides is 1. The summed E-state index contributed by atoms with van der Waals surface area (Å²) in [6, 6.07) is 13.4. The van der Waals surface area contributed by atoms with Crippen molar-refractivity contribution in [1.82, 2.24) is 4.90 Å². The number of carbonyl (C=O) groups excluding carboxylic acids is 1. The predicted octanol–water partition coefficient (Wildman–Crippen LogP) is 4.51. The van der Waals surface area contributed by atoms with E-state index in [9.17, 15) is 4.79 Å². The molecular weight excluding hydrogens is 414 g/mol. The summed E-state index contributed by atoms with van der Waals surface area (Å²) in [5.41, 5.74) is 2.70. The van der Waals surface area contributed by atoms with Crippen molar-refractivity contribution in [3.8, 4) is 0 Å². The van der Waals surface area contributed by atoms with Gasteiger partial charge < -0.3 is 15.1 Å². The van der Waals surface area contributed by atoms with Crippen molar-refractivity contribution in [3.63, 3.8) is 0 Å². The molecule has 0 saturated carbocycles. The third kappa shape index (κ3) is 4.87. The van der Waals surface area contributed by atoms with Crippen LogP contribution in [-0.4, -0.2) is 44.0 Å². The smallest absolute Gasteiger partial charge is 0.248 e. The topological polar surface area (TPSA) is 35.6 Å². The fourth-order valence-electron chi connectivity index (χ4n) is 2.88. The molecule has 1 fully saturated rings. The number of anilines is 2. The van der Waals surface area contributed by atoms with Crippen LogP contribution >= 0.6 is 27.5 Å². The first-order chi connectivity index (χ1) is 12.5. The van der Waals surface area contributed by atoms with Crippen LogP contribution in [0, 0.1) is 0 Å². The quantitative estimate of drug-likeness (QED) is 0.719. The molecule has 0 spiro atoms. The van der Waals surface area contributed by atoms with Crippen LogP contribution in [0.1, 0.15) is 5.56 Å². The fraction of sp³-hybridized carbons (Fsp3) is 0.250. The van der Waals surface area contributed by atoms with E-state index < -0.39 is 0 Å². The highest BCUT2D eigenvalue weighted by molar-refractivity contribution is 9.10. The molecule has 2 aromatic rings. The van der Waals surface area contributed by atoms with Gasteiger partial charge in [0.2, 0.25) is 5.91 Å². The summed E-state index contributed by atoms with van der Waals surface area (Å²) < 4.78 is 0.949. The molecule has 1 N–H and O–H groups in total. The fourth-order valence-corrected chi connectivity index (χ4v) is 3.47. The summed E-state index contributed by atoms with van der Waals surface area (Å²) >= 11 is 9.63. The average molecular weight is 435 g/mol. The highest BCUT2D eigenvalue weighted by atomic mass is 79.9. The number of hydrogen-bond donors (Lipinski definition) is 1. The molecule has 2 aromatic carbocycles. The van der Waals surface area contributed by atoms with E-state index in [1.165, 1.54) is 6.08 Å². The van der Waals surface area contributed by atoms with Crippen LogP contribution in [0.25, 0.3) is 6.08 Å². The molecule has 0 aromatic heterocycles. The second-order valence-corrected chi connectivity index (χ2v) is 7.59. The molecule has 26 heavy (non-hydrogen) atoms. The van der Waals surface area contributed by atoms with Gasteiger partial charge in [0.25, 0.3) is 0 Å². The molecule has 6 heteroatoms. The van der Waals surface area contributed by atoms with E-state index >= 15 is 0 Å². The second kappa shape index (κ2) is 8.71. The number of hydrogen-bond acceptors (Lipinski definition) is 3. The minimum absolute atomic E-state index is 0.182. The normalized spacial score (nSPS) is 15.4. The largest absolute Gasteiger partial charge is 0.367 e. The number of likely N-dealkylation sites (N-methyl/N-ethyl adjacent to an activating group) is 1. The summed E-state index contributed by atoms with van der Waals surface area (Å²) in [6.45, 7) is 3.84. The molecule has 4 nitrogen and oxygen atoms in total. The van der Waals surface area contributed by atoms with Gasteiger partial charge in [-0.2, -0.15) is 0 Å². The molecule has 3 rings (SSSR count). The highest BCUT2D eigenvalue weighted by Crippen LogP contribution is 2.30. The Morgan fingerprint density at radius 2 is 1.88 bits per heavy atom. The Morgan fingerprint density at radius 3 is 2.62 bits per heavy atom. The third-order valence-electron chi connectivity index (χ3n) is 4.38. The molecular formula is C20H21BrClN3O. The average Bonchev–Trinajstić information content (AvgIpc) is 2.62. The van der Waals surface area contributed by atoms with Gasteiger partial charge in [-0.3, -0.25) is 4.79 Å². The van der Waals surface area contributed by atoms with E-state index in [1.54, 1.807) is 12.1 Å². The lowest BCUT2D eigenvalue weighted by atomic mass is 10.2. The zero-order valence-electron chi connectivity index (χ0n) is 14.6. The molecule has 0 aliphatic carbocycles. The first kappa shape index (κ1) is 19.0. The van der Waals surface area contributed by atoms with E-state index in [-0.39, 0.29) is 5.91 Å². The monoisotopic (exact) mass is 433 g/mol. The van der Waals surface area contributed by atoms with E-state index in [4.69, 9.17) is 11.6 Å². The lowest BCUT2D eigenvalue weighted by Crippen LogP contribution is -2.44. The zero-order valence-corrected chi connectivity index (χ0v) is 16.9. The summed E-state index contributed by atoms with van der Waals surface area (Å²) in [4.78, 5) is 17.0. The Balaban J connectivity index is 1.75. The second-order valence-electron chi connectivity index (χ2n) is 6.30. The zero-order chi connectivity index (χ0) is 18.5. The van der Waals surface area contributed by atoms with Crippen molar-refractivity contribution in [1.29, 1.82) is 0 Å². The molecule has 0 unspecified atom stereocenters. The Labute approximate surface area is 167 Å². The van der Waals surface area contributed by atoms with Gasteiger partial charge in [-0.25, -0.2) is 0 Å². The van der Waals surface area contributed by atoms with Crippen molar-refractivity contribution in [2.45, 2.75) is 0 Å². The third-order valence-corrected chi connectivity index (χ3v) is 5.34. The van der Waals surface area contributed by atoms with Gasteiger partial charge in [0, 0.05) is 41.8 Å². The number of nitrogens with one attached hydrogen (secondary N) is 1. The van der Waals surface area contributed by atoms with Gasteiger partial charge in [0.1, 0.15) is 0 Å². The molecule has 0 bridgehead atoms. The van der Waals surface area contributed by atoms with E-state index in [1.807, 2.05) is 36.4 Å². The van der Waals surface area contributed by atoms with Crippen LogP contribution in [0.5, 0.6) is 0 Å². The van der Waals surface area contributed by atoms with E-state index in [0.717, 1.165) is 47.6 Å². The van der Waals surface area contributed by atoms with Gasteiger partial charge in [0.05, 0.1) is 11.4 Å². The van der Waals surface area contributed by atoms with Crippen molar-refractivity contribution in [3.05, 3.63) is 63.6 Å². The van der Waals surface area contributed by atoms with Crippen LogP contribution in [0.15, 0.2) is 53.0 Å². The molecule has 1 aliphatic rings. The Hall–Kier alpha value is -1.82.